The topological polar surface area (TPSA) is 62.7 Å². The molecule has 2 heterocycles. The molecular formula is C24H23N5. The van der Waals surface area contributed by atoms with Gasteiger partial charge in [-0.1, -0.05) is 61.5 Å². The molecule has 2 aromatic carbocycles. The van der Waals surface area contributed by atoms with Crippen molar-refractivity contribution in [3.05, 3.63) is 96.3 Å². The lowest BCUT2D eigenvalue weighted by Crippen LogP contribution is -2.07. The van der Waals surface area contributed by atoms with Crippen LogP contribution in [0.15, 0.2) is 85.1 Å². The van der Waals surface area contributed by atoms with Crippen LogP contribution in [0.5, 0.6) is 0 Å². The van der Waals surface area contributed by atoms with Gasteiger partial charge in [0.15, 0.2) is 0 Å². The number of hydrogen-bond donors (Lipinski definition) is 2. The van der Waals surface area contributed by atoms with E-state index in [-0.39, 0.29) is 0 Å². The van der Waals surface area contributed by atoms with Gasteiger partial charge in [-0.3, -0.25) is 4.98 Å². The van der Waals surface area contributed by atoms with Crippen molar-refractivity contribution in [1.29, 1.82) is 0 Å². The summed E-state index contributed by atoms with van der Waals surface area (Å²) in [6.07, 6.45) is 2.73. The number of pyridine rings is 1. The first kappa shape index (κ1) is 18.6. The highest BCUT2D eigenvalue weighted by Gasteiger charge is 2.09. The molecule has 0 radical (unpaired) electrons. The van der Waals surface area contributed by atoms with E-state index in [1.807, 2.05) is 54.6 Å². The Hall–Kier alpha value is -3.73. The van der Waals surface area contributed by atoms with Crippen LogP contribution >= 0.6 is 0 Å². The van der Waals surface area contributed by atoms with Crippen LogP contribution in [0.25, 0.3) is 11.3 Å². The average molecular weight is 381 g/mol. The predicted octanol–water partition coefficient (Wildman–Crippen LogP) is 5.46. The molecule has 2 aromatic heterocycles. The molecule has 5 heteroatoms. The molecule has 0 unspecified atom stereocenters. The fraction of sp³-hybridized carbons (Fsp3) is 0.125. The molecule has 0 fully saturated rings. The second kappa shape index (κ2) is 8.97. The van der Waals surface area contributed by atoms with Crippen LogP contribution < -0.4 is 10.6 Å². The van der Waals surface area contributed by atoms with Crippen molar-refractivity contribution in [3.63, 3.8) is 0 Å². The van der Waals surface area contributed by atoms with E-state index in [2.05, 4.69) is 51.8 Å². The third-order valence-electron chi connectivity index (χ3n) is 4.62. The number of anilines is 3. The Morgan fingerprint density at radius 1 is 0.828 bits per heavy atom. The summed E-state index contributed by atoms with van der Waals surface area (Å²) in [4.78, 5) is 13.8. The largest absolute Gasteiger partial charge is 0.364 e. The summed E-state index contributed by atoms with van der Waals surface area (Å²) in [5.74, 6) is 1.32. The minimum absolute atomic E-state index is 0.566. The number of benzene rings is 2. The molecule has 4 rings (SSSR count). The van der Waals surface area contributed by atoms with Gasteiger partial charge in [0, 0.05) is 23.5 Å². The van der Waals surface area contributed by atoms with Gasteiger partial charge in [-0.25, -0.2) is 4.98 Å². The second-order valence-corrected chi connectivity index (χ2v) is 6.64. The maximum absolute atomic E-state index is 4.75. The van der Waals surface area contributed by atoms with Crippen molar-refractivity contribution in [3.8, 4) is 11.3 Å². The number of rotatable bonds is 7. The lowest BCUT2D eigenvalue weighted by Gasteiger charge is -2.13. The van der Waals surface area contributed by atoms with E-state index in [9.17, 15) is 0 Å². The lowest BCUT2D eigenvalue weighted by molar-refractivity contribution is 1.02. The fourth-order valence-corrected chi connectivity index (χ4v) is 3.11. The molecule has 5 nitrogen and oxygen atoms in total. The van der Waals surface area contributed by atoms with Gasteiger partial charge in [0.05, 0.1) is 17.9 Å². The highest BCUT2D eigenvalue weighted by atomic mass is 15.1. The van der Waals surface area contributed by atoms with E-state index in [4.69, 9.17) is 4.98 Å². The van der Waals surface area contributed by atoms with E-state index in [0.29, 0.717) is 12.5 Å². The molecule has 0 amide bonds. The summed E-state index contributed by atoms with van der Waals surface area (Å²) in [5.41, 5.74) is 5.11. The Kier molecular flexibility index (Phi) is 5.76. The van der Waals surface area contributed by atoms with Crippen molar-refractivity contribution < 1.29 is 0 Å². The summed E-state index contributed by atoms with van der Waals surface area (Å²) >= 11 is 0. The summed E-state index contributed by atoms with van der Waals surface area (Å²) in [7, 11) is 0. The minimum atomic E-state index is 0.566. The van der Waals surface area contributed by atoms with Crippen LogP contribution in [0.4, 0.5) is 17.5 Å². The summed E-state index contributed by atoms with van der Waals surface area (Å²) in [5, 5.41) is 6.77. The zero-order chi connectivity index (χ0) is 19.9. The fourth-order valence-electron chi connectivity index (χ4n) is 3.11. The van der Waals surface area contributed by atoms with Crippen molar-refractivity contribution in [2.75, 3.05) is 10.6 Å². The molecule has 0 aliphatic heterocycles. The number of nitrogens with one attached hydrogen (secondary N) is 2. The molecule has 2 N–H and O–H groups in total. The molecule has 0 bridgehead atoms. The molecule has 0 aliphatic carbocycles. The van der Waals surface area contributed by atoms with E-state index in [1.165, 1.54) is 5.56 Å². The third kappa shape index (κ3) is 4.76. The summed E-state index contributed by atoms with van der Waals surface area (Å²) in [6.45, 7) is 2.73. The van der Waals surface area contributed by atoms with Crippen molar-refractivity contribution in [1.82, 2.24) is 15.0 Å². The number of aryl methyl sites for hydroxylation is 1. The number of hydrogen-bond acceptors (Lipinski definition) is 5. The molecule has 4 aromatic rings. The van der Waals surface area contributed by atoms with E-state index in [0.717, 1.165) is 34.9 Å². The maximum Gasteiger partial charge on any atom is 0.229 e. The number of nitrogens with zero attached hydrogens (tertiary/aromatic N) is 3. The van der Waals surface area contributed by atoms with Crippen molar-refractivity contribution >= 4 is 17.5 Å². The van der Waals surface area contributed by atoms with Gasteiger partial charge in [0.25, 0.3) is 0 Å². The van der Waals surface area contributed by atoms with E-state index in [1.54, 1.807) is 6.20 Å². The van der Waals surface area contributed by atoms with Crippen molar-refractivity contribution in [2.24, 2.45) is 0 Å². The Bertz CT molecular complexity index is 1060. The van der Waals surface area contributed by atoms with E-state index >= 15 is 0 Å². The standard InChI is InChI=1S/C24H23N5/c1-2-18-10-6-7-14-21(18)27-24-28-22(19-11-4-3-5-12-19)16-23(29-24)26-17-20-13-8-9-15-25-20/h3-16H,2,17H2,1H3,(H2,26,27,28,29). The highest BCUT2D eigenvalue weighted by Crippen LogP contribution is 2.25. The van der Waals surface area contributed by atoms with Gasteiger partial charge >= 0.3 is 0 Å². The van der Waals surface area contributed by atoms with Crippen molar-refractivity contribution in [2.45, 2.75) is 19.9 Å². The minimum Gasteiger partial charge on any atom is -0.364 e. The number of para-hydroxylation sites is 1. The Balaban J connectivity index is 1.66. The maximum atomic E-state index is 4.75. The molecule has 29 heavy (non-hydrogen) atoms. The van der Waals surface area contributed by atoms with Crippen LogP contribution in [-0.2, 0) is 13.0 Å². The predicted molar refractivity (Wildman–Crippen MR) is 118 cm³/mol. The zero-order valence-electron chi connectivity index (χ0n) is 16.3. The molecular weight excluding hydrogens is 358 g/mol. The smallest absolute Gasteiger partial charge is 0.229 e. The van der Waals surface area contributed by atoms with Gasteiger partial charge in [-0.2, -0.15) is 4.98 Å². The first-order valence-electron chi connectivity index (χ1n) is 9.75. The second-order valence-electron chi connectivity index (χ2n) is 6.64. The normalized spacial score (nSPS) is 10.5. The lowest BCUT2D eigenvalue weighted by atomic mass is 10.1. The van der Waals surface area contributed by atoms with Gasteiger partial charge < -0.3 is 10.6 Å². The van der Waals surface area contributed by atoms with Crippen LogP contribution in [0.1, 0.15) is 18.2 Å². The van der Waals surface area contributed by atoms with Crippen LogP contribution in [0.3, 0.4) is 0 Å². The third-order valence-corrected chi connectivity index (χ3v) is 4.62. The molecule has 0 saturated carbocycles. The molecule has 0 aliphatic rings. The quantitative estimate of drug-likeness (QED) is 0.445. The molecule has 144 valence electrons. The van der Waals surface area contributed by atoms with Crippen LogP contribution in [-0.4, -0.2) is 15.0 Å². The van der Waals surface area contributed by atoms with Crippen LogP contribution in [0.2, 0.25) is 0 Å². The van der Waals surface area contributed by atoms with Gasteiger partial charge in [-0.15, -0.1) is 0 Å². The average Bonchev–Trinajstić information content (AvgIpc) is 2.79. The van der Waals surface area contributed by atoms with E-state index < -0.39 is 0 Å². The summed E-state index contributed by atoms with van der Waals surface area (Å²) < 4.78 is 0. The molecule has 0 spiro atoms. The monoisotopic (exact) mass is 381 g/mol. The van der Waals surface area contributed by atoms with Gasteiger partial charge in [0.1, 0.15) is 5.82 Å². The Labute approximate surface area is 170 Å². The SMILES string of the molecule is CCc1ccccc1Nc1nc(NCc2ccccn2)cc(-c2ccccc2)n1. The Morgan fingerprint density at radius 2 is 1.62 bits per heavy atom. The van der Waals surface area contributed by atoms with Gasteiger partial charge in [0.2, 0.25) is 5.95 Å². The molecule has 0 saturated heterocycles. The summed E-state index contributed by atoms with van der Waals surface area (Å²) in [6, 6.07) is 26.2. The first-order chi connectivity index (χ1) is 14.3. The molecule has 0 atom stereocenters. The Morgan fingerprint density at radius 3 is 2.41 bits per heavy atom. The highest BCUT2D eigenvalue weighted by molar-refractivity contribution is 5.67. The zero-order valence-corrected chi connectivity index (χ0v) is 16.3. The van der Waals surface area contributed by atoms with Crippen LogP contribution in [0, 0.1) is 0 Å². The first-order valence-corrected chi connectivity index (χ1v) is 9.75. The van der Waals surface area contributed by atoms with Gasteiger partial charge in [-0.05, 0) is 30.2 Å². The number of aromatic nitrogens is 3.